The molecule has 0 atom stereocenters. The number of rotatable bonds is 17. The zero-order valence-electron chi connectivity index (χ0n) is 29.8. The number of unbranched alkanes of at least 4 members (excludes halogenated alkanes) is 1. The summed E-state index contributed by atoms with van der Waals surface area (Å²) in [4.78, 5) is 37.0. The van der Waals surface area contributed by atoms with Crippen LogP contribution < -0.4 is 16.4 Å². The Kier molecular flexibility index (Phi) is 14.0. The van der Waals surface area contributed by atoms with E-state index >= 15 is 0 Å². The van der Waals surface area contributed by atoms with E-state index in [0.29, 0.717) is 103 Å². The van der Waals surface area contributed by atoms with E-state index in [2.05, 4.69) is 32.4 Å². The highest BCUT2D eigenvalue weighted by Gasteiger charge is 2.19. The summed E-state index contributed by atoms with van der Waals surface area (Å²) in [5.74, 6) is 6.39. The Morgan fingerprint density at radius 2 is 1.79 bits per heavy atom. The average Bonchev–Trinajstić information content (AvgIpc) is 3.54. The van der Waals surface area contributed by atoms with Gasteiger partial charge in [-0.05, 0) is 42.3 Å². The molecule has 2 aromatic heterocycles. The molecule has 0 fully saturated rings. The summed E-state index contributed by atoms with van der Waals surface area (Å²) in [7, 11) is 3.21. The van der Waals surface area contributed by atoms with Gasteiger partial charge in [-0.25, -0.2) is 14.6 Å². The van der Waals surface area contributed by atoms with E-state index in [-0.39, 0.29) is 29.9 Å². The van der Waals surface area contributed by atoms with Crippen LogP contribution in [0.1, 0.15) is 40.7 Å². The number of fused-ring (bicyclic) bond motifs is 1. The molecular weight excluding hydrogens is 696 g/mol. The number of carbonyl (C=O) groups is 2. The number of phenols is 1. The summed E-state index contributed by atoms with van der Waals surface area (Å²) in [6.45, 7) is 2.84. The fraction of sp³-hybridized carbons (Fsp3) is 0.308. The normalized spacial score (nSPS) is 10.8. The summed E-state index contributed by atoms with van der Waals surface area (Å²) in [5.41, 5.74) is 10.3. The van der Waals surface area contributed by atoms with E-state index in [1.54, 1.807) is 54.1 Å². The minimum Gasteiger partial charge on any atom is -0.508 e. The third-order valence-corrected chi connectivity index (χ3v) is 8.77. The molecule has 0 radical (unpaired) electrons. The van der Waals surface area contributed by atoms with Crippen LogP contribution in [0.3, 0.4) is 0 Å². The smallest absolute Gasteiger partial charge is 0.254 e. The second-order valence-electron chi connectivity index (χ2n) is 12.0. The molecule has 0 aliphatic rings. The summed E-state index contributed by atoms with van der Waals surface area (Å²) in [6, 6.07) is 19.5. The Morgan fingerprint density at radius 3 is 2.55 bits per heavy atom. The summed E-state index contributed by atoms with van der Waals surface area (Å²) in [5, 5.41) is 22.4. The fourth-order valence-corrected chi connectivity index (χ4v) is 5.90. The maximum absolute atomic E-state index is 13.8. The number of carbonyl (C=O) groups excluding carboxylic acids is 2. The van der Waals surface area contributed by atoms with Gasteiger partial charge in [-0.1, -0.05) is 59.8 Å². The van der Waals surface area contributed by atoms with Crippen molar-refractivity contribution in [1.29, 1.82) is 0 Å². The maximum atomic E-state index is 13.8. The summed E-state index contributed by atoms with van der Waals surface area (Å²) < 4.78 is 12.0. The second kappa shape index (κ2) is 19.2. The van der Waals surface area contributed by atoms with Crippen molar-refractivity contribution in [3.8, 4) is 28.8 Å². The molecule has 0 aliphatic carbocycles. The highest BCUT2D eigenvalue weighted by molar-refractivity contribution is 6.31. The maximum Gasteiger partial charge on any atom is 0.254 e. The molecule has 0 saturated carbocycles. The van der Waals surface area contributed by atoms with Crippen LogP contribution in [0.15, 0.2) is 73.1 Å². The van der Waals surface area contributed by atoms with Crippen LogP contribution in [-0.4, -0.2) is 88.6 Å². The lowest BCUT2D eigenvalue weighted by Gasteiger charge is -2.21. The number of phenolic OH excluding ortho intramolecular Hbond substituents is 1. The van der Waals surface area contributed by atoms with Crippen molar-refractivity contribution in [3.63, 3.8) is 0 Å². The topological polar surface area (TPSA) is 170 Å². The average molecular weight is 739 g/mol. The number of methoxy groups -OCH3 is 2. The molecule has 2 heterocycles. The molecule has 3 aromatic carbocycles. The standard InChI is InChI=1S/C39H43ClN8O5/c1-52-22-20-47(21-23-53-2)33(50)17-5-3-4-10-27-12-9-16-32(34(27)39(51)43-25-29-11-6-7-15-31(29)40)42-18-19-48-38-35(37(41)44-26-45-38)36(46-48)28-13-8-14-30(49)24-28/h6-9,11-16,24,26,42,49H,3,5,17-23,25H2,1-2H3,(H,43,51)(H2,41,44,45). The van der Waals surface area contributed by atoms with Crippen LogP contribution in [-0.2, 0) is 27.4 Å². The van der Waals surface area contributed by atoms with Crippen LogP contribution in [0.25, 0.3) is 22.3 Å². The number of halogens is 1. The van der Waals surface area contributed by atoms with Crippen molar-refractivity contribution in [3.05, 3.63) is 94.8 Å². The van der Waals surface area contributed by atoms with Gasteiger partial charge in [-0.3, -0.25) is 9.59 Å². The van der Waals surface area contributed by atoms with Gasteiger partial charge in [0, 0.05) is 75.1 Å². The molecule has 0 unspecified atom stereocenters. The number of aromatic nitrogens is 4. The number of hydrogen-bond donors (Lipinski definition) is 4. The first kappa shape index (κ1) is 38.5. The molecule has 5 N–H and O–H groups in total. The molecule has 0 spiro atoms. The van der Waals surface area contributed by atoms with E-state index in [1.807, 2.05) is 36.4 Å². The van der Waals surface area contributed by atoms with Gasteiger partial charge >= 0.3 is 0 Å². The van der Waals surface area contributed by atoms with E-state index < -0.39 is 0 Å². The van der Waals surface area contributed by atoms with Gasteiger partial charge in [0.15, 0.2) is 5.65 Å². The SMILES string of the molecule is COCCN(CCOC)C(=O)CCCC#Cc1cccc(NCCn2nc(-c3cccc(O)c3)c3c(N)ncnc32)c1C(=O)NCc1ccccc1Cl. The first-order chi connectivity index (χ1) is 25.8. The molecule has 14 heteroatoms. The second-order valence-corrected chi connectivity index (χ2v) is 12.4. The Labute approximate surface area is 313 Å². The highest BCUT2D eigenvalue weighted by atomic mass is 35.5. The monoisotopic (exact) mass is 738 g/mol. The molecule has 5 aromatic rings. The third kappa shape index (κ3) is 10.2. The lowest BCUT2D eigenvalue weighted by atomic mass is 10.0. The van der Waals surface area contributed by atoms with Crippen LogP contribution in [0, 0.1) is 11.8 Å². The number of aromatic hydroxyl groups is 1. The molecule has 0 aliphatic heterocycles. The zero-order valence-corrected chi connectivity index (χ0v) is 30.5. The van der Waals surface area contributed by atoms with Crippen LogP contribution >= 0.6 is 11.6 Å². The number of amides is 2. The van der Waals surface area contributed by atoms with Gasteiger partial charge in [-0.2, -0.15) is 5.10 Å². The van der Waals surface area contributed by atoms with Crippen molar-refractivity contribution in [2.75, 3.05) is 58.1 Å². The summed E-state index contributed by atoms with van der Waals surface area (Å²) >= 11 is 6.37. The third-order valence-electron chi connectivity index (χ3n) is 8.40. The number of benzene rings is 3. The van der Waals surface area contributed by atoms with E-state index in [1.165, 1.54) is 6.33 Å². The van der Waals surface area contributed by atoms with E-state index in [9.17, 15) is 14.7 Å². The number of nitrogens with two attached hydrogens (primary N) is 1. The first-order valence-electron chi connectivity index (χ1n) is 17.2. The van der Waals surface area contributed by atoms with Crippen molar-refractivity contribution in [2.45, 2.75) is 32.4 Å². The van der Waals surface area contributed by atoms with Gasteiger partial charge in [0.25, 0.3) is 5.91 Å². The quantitative estimate of drug-likeness (QED) is 0.0742. The molecule has 0 bridgehead atoms. The van der Waals surface area contributed by atoms with E-state index in [0.717, 1.165) is 5.56 Å². The van der Waals surface area contributed by atoms with Crippen molar-refractivity contribution >= 4 is 46.0 Å². The molecule has 0 saturated heterocycles. The Hall–Kier alpha value is -5.68. The highest BCUT2D eigenvalue weighted by Crippen LogP contribution is 2.31. The summed E-state index contributed by atoms with van der Waals surface area (Å²) in [6.07, 6.45) is 2.74. The minimum absolute atomic E-state index is 0.0138. The van der Waals surface area contributed by atoms with Crippen LogP contribution in [0.5, 0.6) is 5.75 Å². The Morgan fingerprint density at radius 1 is 1.02 bits per heavy atom. The predicted octanol–water partition coefficient (Wildman–Crippen LogP) is 5.12. The molecule has 13 nitrogen and oxygen atoms in total. The first-order valence-corrected chi connectivity index (χ1v) is 17.6. The van der Waals surface area contributed by atoms with Crippen molar-refractivity contribution in [2.24, 2.45) is 0 Å². The molecule has 5 rings (SSSR count). The number of hydrogen-bond acceptors (Lipinski definition) is 10. The number of nitrogens with one attached hydrogen (secondary N) is 2. The van der Waals surface area contributed by atoms with E-state index in [4.69, 9.17) is 31.9 Å². The number of nitrogens with zero attached hydrogens (tertiary/aromatic N) is 5. The van der Waals surface area contributed by atoms with Gasteiger partial charge < -0.3 is 35.8 Å². The largest absolute Gasteiger partial charge is 0.508 e. The Balaban J connectivity index is 1.34. The molecule has 53 heavy (non-hydrogen) atoms. The van der Waals surface area contributed by atoms with Gasteiger partial charge in [0.2, 0.25) is 5.91 Å². The lowest BCUT2D eigenvalue weighted by Crippen LogP contribution is -2.36. The van der Waals surface area contributed by atoms with Crippen molar-refractivity contribution < 1.29 is 24.2 Å². The molecular formula is C39H43ClN8O5. The number of anilines is 2. The number of nitrogen functional groups attached to an aromatic ring is 1. The lowest BCUT2D eigenvalue weighted by molar-refractivity contribution is -0.132. The van der Waals surface area contributed by atoms with Gasteiger partial charge in [0.05, 0.1) is 30.7 Å². The van der Waals surface area contributed by atoms with Crippen LogP contribution in [0.2, 0.25) is 5.02 Å². The predicted molar refractivity (Wildman–Crippen MR) is 205 cm³/mol. The van der Waals surface area contributed by atoms with Gasteiger partial charge in [-0.15, -0.1) is 0 Å². The van der Waals surface area contributed by atoms with Gasteiger partial charge in [0.1, 0.15) is 23.6 Å². The molecule has 276 valence electrons. The van der Waals surface area contributed by atoms with Crippen LogP contribution in [0.4, 0.5) is 11.5 Å². The van der Waals surface area contributed by atoms with Crippen molar-refractivity contribution in [1.82, 2.24) is 30.0 Å². The fourth-order valence-electron chi connectivity index (χ4n) is 5.70. The number of ether oxygens (including phenoxy) is 2. The Bertz CT molecular complexity index is 2090. The minimum atomic E-state index is -0.323. The molecule has 2 amide bonds. The zero-order chi connectivity index (χ0) is 37.6.